The third kappa shape index (κ3) is 3.43. The molecule has 124 valence electrons. The van der Waals surface area contributed by atoms with Gasteiger partial charge in [0, 0.05) is 0 Å². The number of hydrogen-bond donors (Lipinski definition) is 0. The summed E-state index contributed by atoms with van der Waals surface area (Å²) >= 11 is 0. The molecule has 0 amide bonds. The number of fused-ring (bicyclic) bond motifs is 5. The predicted octanol–water partition coefficient (Wildman–Crippen LogP) is 0.552. The van der Waals surface area contributed by atoms with Gasteiger partial charge in [-0.3, -0.25) is 0 Å². The minimum absolute atomic E-state index is 0. The SMILES string of the molecule is C[C@@]12C=CCC1C1CCc3cc(OS(=O)(=O)[O-])ccc3C1CC2.[K+]. The molecule has 1 saturated carbocycles. The first-order valence-electron chi connectivity index (χ1n) is 8.31. The second kappa shape index (κ2) is 6.80. The molecule has 0 N–H and O–H groups in total. The van der Waals surface area contributed by atoms with E-state index in [1.165, 1.54) is 24.8 Å². The Morgan fingerprint density at radius 1 is 1.29 bits per heavy atom. The topological polar surface area (TPSA) is 66.4 Å². The number of hydrogen-bond acceptors (Lipinski definition) is 4. The zero-order chi connectivity index (χ0) is 16.2. The van der Waals surface area contributed by atoms with Gasteiger partial charge in [-0.25, -0.2) is 8.42 Å². The van der Waals surface area contributed by atoms with Crippen molar-refractivity contribution < 1.29 is 68.5 Å². The summed E-state index contributed by atoms with van der Waals surface area (Å²) in [4.78, 5) is 0. The van der Waals surface area contributed by atoms with Crippen LogP contribution in [-0.4, -0.2) is 13.0 Å². The van der Waals surface area contributed by atoms with Crippen LogP contribution in [0.2, 0.25) is 0 Å². The molecule has 0 bridgehead atoms. The van der Waals surface area contributed by atoms with Crippen molar-refractivity contribution >= 4 is 10.4 Å². The van der Waals surface area contributed by atoms with Crippen molar-refractivity contribution in [3.8, 4) is 5.75 Å². The first kappa shape index (κ1) is 19.1. The van der Waals surface area contributed by atoms with Gasteiger partial charge in [-0.2, -0.15) is 0 Å². The molecule has 1 fully saturated rings. The molecule has 0 spiro atoms. The number of rotatable bonds is 2. The summed E-state index contributed by atoms with van der Waals surface area (Å²) in [5.41, 5.74) is 2.83. The quantitative estimate of drug-likeness (QED) is 0.329. The van der Waals surface area contributed by atoms with Crippen molar-refractivity contribution in [1.82, 2.24) is 0 Å². The van der Waals surface area contributed by atoms with Crippen LogP contribution in [0, 0.1) is 17.3 Å². The largest absolute Gasteiger partial charge is 1.00 e. The zero-order valence-electron chi connectivity index (χ0n) is 14.2. The van der Waals surface area contributed by atoms with E-state index in [4.69, 9.17) is 0 Å². The second-order valence-electron chi connectivity index (χ2n) is 7.45. The van der Waals surface area contributed by atoms with Gasteiger partial charge in [-0.05, 0) is 78.5 Å². The minimum atomic E-state index is -4.71. The van der Waals surface area contributed by atoms with E-state index >= 15 is 0 Å². The van der Waals surface area contributed by atoms with Gasteiger partial charge < -0.3 is 8.74 Å². The third-order valence-corrected chi connectivity index (χ3v) is 6.62. The summed E-state index contributed by atoms with van der Waals surface area (Å²) < 4.78 is 36.8. The Morgan fingerprint density at radius 3 is 2.83 bits per heavy atom. The Balaban J connectivity index is 0.00000169. The van der Waals surface area contributed by atoms with Crippen LogP contribution in [0.15, 0.2) is 30.4 Å². The molecule has 3 aliphatic carbocycles. The van der Waals surface area contributed by atoms with Gasteiger partial charge in [0.1, 0.15) is 5.75 Å². The smallest absolute Gasteiger partial charge is 0.716 e. The van der Waals surface area contributed by atoms with Crippen molar-refractivity contribution in [2.75, 3.05) is 0 Å². The van der Waals surface area contributed by atoms with Crippen LogP contribution in [0.4, 0.5) is 0 Å². The van der Waals surface area contributed by atoms with Gasteiger partial charge >= 0.3 is 51.4 Å². The van der Waals surface area contributed by atoms with Crippen LogP contribution >= 0.6 is 0 Å². The van der Waals surface area contributed by atoms with Crippen LogP contribution in [0.25, 0.3) is 0 Å². The number of allylic oxidation sites excluding steroid dienone is 2. The second-order valence-corrected chi connectivity index (χ2v) is 8.43. The standard InChI is InChI=1S/C18H22O4S.K/c1-18-9-2-3-17(18)16-6-4-12-11-13(22-23(19,20)21)5-7-14(12)15(16)8-10-18;/h2,5,7,9,11,15-17H,3-4,6,8,10H2,1H3,(H,19,20,21);/q;+1/p-1/t15?,16?,17?,18-;/m0./s1. The van der Waals surface area contributed by atoms with Gasteiger partial charge in [0.2, 0.25) is 0 Å². The van der Waals surface area contributed by atoms with Crippen LogP contribution in [0.3, 0.4) is 0 Å². The molecule has 0 aromatic heterocycles. The van der Waals surface area contributed by atoms with Crippen molar-refractivity contribution in [2.45, 2.75) is 44.9 Å². The maximum atomic E-state index is 10.8. The summed E-state index contributed by atoms with van der Waals surface area (Å²) in [7, 11) is -4.71. The maximum absolute atomic E-state index is 10.8. The normalized spacial score (nSPS) is 33.8. The summed E-state index contributed by atoms with van der Waals surface area (Å²) in [6.45, 7) is 2.39. The molecule has 24 heavy (non-hydrogen) atoms. The Kier molecular flexibility index (Phi) is 5.40. The third-order valence-electron chi connectivity index (χ3n) is 6.22. The summed E-state index contributed by atoms with van der Waals surface area (Å²) in [5, 5.41) is 0. The van der Waals surface area contributed by atoms with E-state index in [-0.39, 0.29) is 57.1 Å². The Bertz CT molecular complexity index is 773. The van der Waals surface area contributed by atoms with E-state index in [1.54, 1.807) is 12.1 Å². The van der Waals surface area contributed by atoms with Crippen LogP contribution in [0.5, 0.6) is 5.75 Å². The fraction of sp³-hybridized carbons (Fsp3) is 0.556. The van der Waals surface area contributed by atoms with E-state index in [1.807, 2.05) is 6.07 Å². The van der Waals surface area contributed by atoms with E-state index in [0.717, 1.165) is 24.3 Å². The fourth-order valence-corrected chi connectivity index (χ4v) is 5.55. The Labute approximate surface area is 186 Å². The van der Waals surface area contributed by atoms with Gasteiger partial charge in [0.05, 0.1) is 0 Å². The Morgan fingerprint density at radius 2 is 2.08 bits per heavy atom. The molecule has 3 unspecified atom stereocenters. The molecule has 0 radical (unpaired) electrons. The molecular weight excluding hydrogens is 351 g/mol. The van der Waals surface area contributed by atoms with Crippen LogP contribution < -0.4 is 55.6 Å². The average Bonchev–Trinajstić information content (AvgIpc) is 2.86. The monoisotopic (exact) mass is 372 g/mol. The fourth-order valence-electron chi connectivity index (χ4n) is 5.21. The molecule has 6 heteroatoms. The molecule has 4 nitrogen and oxygen atoms in total. The number of benzene rings is 1. The molecule has 1 aromatic carbocycles. The van der Waals surface area contributed by atoms with E-state index in [0.29, 0.717) is 17.3 Å². The number of aryl methyl sites for hydroxylation is 1. The van der Waals surface area contributed by atoms with Gasteiger partial charge in [0.15, 0.2) is 0 Å². The predicted molar refractivity (Wildman–Crippen MR) is 85.9 cm³/mol. The molecule has 4 rings (SSSR count). The van der Waals surface area contributed by atoms with Gasteiger partial charge in [-0.1, -0.05) is 25.1 Å². The summed E-state index contributed by atoms with van der Waals surface area (Å²) in [6.07, 6.45) is 10.4. The first-order valence-corrected chi connectivity index (χ1v) is 9.65. The average molecular weight is 373 g/mol. The summed E-state index contributed by atoms with van der Waals surface area (Å²) in [5.74, 6) is 2.12. The van der Waals surface area contributed by atoms with Crippen molar-refractivity contribution in [3.05, 3.63) is 41.5 Å². The molecular formula is C18H21KO4S. The molecule has 0 aliphatic heterocycles. The molecule has 1 aromatic rings. The van der Waals surface area contributed by atoms with Crippen molar-refractivity contribution in [2.24, 2.45) is 17.3 Å². The molecule has 0 saturated heterocycles. The van der Waals surface area contributed by atoms with E-state index in [2.05, 4.69) is 23.3 Å². The van der Waals surface area contributed by atoms with Crippen LogP contribution in [-0.2, 0) is 16.8 Å². The first-order chi connectivity index (χ1) is 10.9. The van der Waals surface area contributed by atoms with Crippen molar-refractivity contribution in [3.63, 3.8) is 0 Å². The van der Waals surface area contributed by atoms with E-state index in [9.17, 15) is 13.0 Å². The van der Waals surface area contributed by atoms with Gasteiger partial charge in [0.25, 0.3) is 10.4 Å². The molecule has 4 atom stereocenters. The zero-order valence-corrected chi connectivity index (χ0v) is 18.1. The molecule has 0 heterocycles. The van der Waals surface area contributed by atoms with Gasteiger partial charge in [-0.15, -0.1) is 0 Å². The minimum Gasteiger partial charge on any atom is -0.716 e. The Hall–Kier alpha value is 0.306. The van der Waals surface area contributed by atoms with Crippen molar-refractivity contribution in [1.29, 1.82) is 0 Å². The van der Waals surface area contributed by atoms with E-state index < -0.39 is 10.4 Å². The van der Waals surface area contributed by atoms with Crippen LogP contribution in [0.1, 0.15) is 49.7 Å². The molecule has 3 aliphatic rings. The maximum Gasteiger partial charge on any atom is 1.00 e. The summed E-state index contributed by atoms with van der Waals surface area (Å²) in [6, 6.07) is 5.33.